The predicted molar refractivity (Wildman–Crippen MR) is 114 cm³/mol. The van der Waals surface area contributed by atoms with Gasteiger partial charge in [-0.2, -0.15) is 4.31 Å². The second kappa shape index (κ2) is 7.84. The molecule has 2 aromatic carbocycles. The number of morpholine rings is 1. The molecule has 0 unspecified atom stereocenters. The molecule has 1 saturated heterocycles. The van der Waals surface area contributed by atoms with Crippen LogP contribution in [0.4, 0.5) is 5.69 Å². The van der Waals surface area contributed by atoms with E-state index >= 15 is 0 Å². The first-order chi connectivity index (χ1) is 15.0. The summed E-state index contributed by atoms with van der Waals surface area (Å²) in [6.45, 7) is 1.52. The highest BCUT2D eigenvalue weighted by molar-refractivity contribution is 7.89. The second-order valence-corrected chi connectivity index (χ2v) is 9.28. The highest BCUT2D eigenvalue weighted by Gasteiger charge is 2.28. The number of rotatable bonds is 4. The molecule has 8 nitrogen and oxygen atoms in total. The van der Waals surface area contributed by atoms with E-state index in [1.54, 1.807) is 42.5 Å². The van der Waals surface area contributed by atoms with E-state index in [0.29, 0.717) is 43.4 Å². The predicted octanol–water partition coefficient (Wildman–Crippen LogP) is 2.82. The number of fused-ring (bicyclic) bond motifs is 1. The minimum absolute atomic E-state index is 0.171. The van der Waals surface area contributed by atoms with E-state index in [4.69, 9.17) is 9.15 Å². The van der Waals surface area contributed by atoms with Crippen LogP contribution in [0.25, 0.3) is 11.3 Å². The van der Waals surface area contributed by atoms with Gasteiger partial charge in [0.05, 0.1) is 23.7 Å². The lowest BCUT2D eigenvalue weighted by Crippen LogP contribution is -2.40. The Labute approximate surface area is 179 Å². The number of furan rings is 1. The fourth-order valence-electron chi connectivity index (χ4n) is 3.74. The van der Waals surface area contributed by atoms with E-state index in [9.17, 15) is 13.2 Å². The SMILES string of the molecule is O=C1N[C@@H](c2ccc(-c3ccc(S(=O)(=O)N4CCOCC4)cc3)o2)Nc2ccccc21. The quantitative estimate of drug-likeness (QED) is 0.648. The fraction of sp³-hybridized carbons (Fsp3) is 0.227. The minimum atomic E-state index is -3.54. The molecule has 3 aromatic rings. The normalized spacial score (nSPS) is 19.4. The Hall–Kier alpha value is -3.14. The van der Waals surface area contributed by atoms with Gasteiger partial charge in [-0.25, -0.2) is 8.42 Å². The van der Waals surface area contributed by atoms with Gasteiger partial charge in [-0.15, -0.1) is 0 Å². The number of carbonyl (C=O) groups excluding carboxylic acids is 1. The third kappa shape index (κ3) is 3.71. The van der Waals surface area contributed by atoms with Crippen LogP contribution >= 0.6 is 0 Å². The van der Waals surface area contributed by atoms with Crippen molar-refractivity contribution in [2.45, 2.75) is 11.1 Å². The molecule has 2 N–H and O–H groups in total. The van der Waals surface area contributed by atoms with Crippen molar-refractivity contribution in [1.29, 1.82) is 0 Å². The molecule has 3 heterocycles. The van der Waals surface area contributed by atoms with Crippen molar-refractivity contribution in [2.24, 2.45) is 0 Å². The standard InChI is InChI=1S/C22H21N3O5S/c26-22-17-3-1-2-4-18(17)23-21(24-22)20-10-9-19(30-20)15-5-7-16(8-6-15)31(27,28)25-11-13-29-14-12-25/h1-10,21,23H,11-14H2,(H,24,26)/t21-/m0/s1. The molecule has 1 atom stereocenters. The number of hydrogen-bond acceptors (Lipinski definition) is 6. The van der Waals surface area contributed by atoms with Crippen molar-refractivity contribution < 1.29 is 22.4 Å². The lowest BCUT2D eigenvalue weighted by Gasteiger charge is -2.26. The van der Waals surface area contributed by atoms with Gasteiger partial charge in [0.2, 0.25) is 10.0 Å². The molecule has 2 aliphatic rings. The van der Waals surface area contributed by atoms with Crippen LogP contribution in [0.1, 0.15) is 22.3 Å². The monoisotopic (exact) mass is 439 g/mol. The summed E-state index contributed by atoms with van der Waals surface area (Å²) in [6, 6.07) is 17.5. The van der Waals surface area contributed by atoms with Gasteiger partial charge in [-0.05, 0) is 48.5 Å². The van der Waals surface area contributed by atoms with Crippen LogP contribution < -0.4 is 10.6 Å². The molecule has 0 radical (unpaired) electrons. The zero-order valence-electron chi connectivity index (χ0n) is 16.6. The summed E-state index contributed by atoms with van der Waals surface area (Å²) in [5.74, 6) is 0.970. The Morgan fingerprint density at radius 2 is 1.65 bits per heavy atom. The maximum Gasteiger partial charge on any atom is 0.255 e. The number of benzene rings is 2. The molecule has 31 heavy (non-hydrogen) atoms. The van der Waals surface area contributed by atoms with Crippen molar-refractivity contribution >= 4 is 21.6 Å². The van der Waals surface area contributed by atoms with Crippen LogP contribution in [-0.2, 0) is 14.8 Å². The molecule has 1 fully saturated rings. The Bertz CT molecular complexity index is 1210. The number of anilines is 1. The van der Waals surface area contributed by atoms with Gasteiger partial charge in [0, 0.05) is 24.3 Å². The van der Waals surface area contributed by atoms with Gasteiger partial charge in [0.1, 0.15) is 11.5 Å². The summed E-state index contributed by atoms with van der Waals surface area (Å²) in [6.07, 6.45) is -0.489. The molecule has 1 aromatic heterocycles. The Morgan fingerprint density at radius 1 is 0.903 bits per heavy atom. The Kier molecular flexibility index (Phi) is 5.01. The average molecular weight is 439 g/mol. The zero-order chi connectivity index (χ0) is 21.4. The first kappa shape index (κ1) is 19.8. The Balaban J connectivity index is 1.35. The third-order valence-corrected chi connectivity index (χ3v) is 7.32. The highest BCUT2D eigenvalue weighted by Crippen LogP contribution is 2.31. The van der Waals surface area contributed by atoms with E-state index in [2.05, 4.69) is 10.6 Å². The van der Waals surface area contributed by atoms with Crippen LogP contribution in [0.15, 0.2) is 70.0 Å². The molecule has 160 valence electrons. The van der Waals surface area contributed by atoms with E-state index < -0.39 is 16.2 Å². The fourth-order valence-corrected chi connectivity index (χ4v) is 5.15. The van der Waals surface area contributed by atoms with Crippen LogP contribution in [0.2, 0.25) is 0 Å². The molecule has 0 bridgehead atoms. The second-order valence-electron chi connectivity index (χ2n) is 7.34. The van der Waals surface area contributed by atoms with E-state index in [0.717, 1.165) is 11.3 Å². The lowest BCUT2D eigenvalue weighted by molar-refractivity contribution is 0.0730. The molecule has 0 saturated carbocycles. The number of nitrogens with zero attached hydrogens (tertiary/aromatic N) is 1. The molecule has 5 rings (SSSR count). The number of amides is 1. The van der Waals surface area contributed by atoms with Crippen molar-refractivity contribution in [1.82, 2.24) is 9.62 Å². The largest absolute Gasteiger partial charge is 0.457 e. The summed E-state index contributed by atoms with van der Waals surface area (Å²) < 4.78 is 38.2. The van der Waals surface area contributed by atoms with Crippen molar-refractivity contribution in [3.63, 3.8) is 0 Å². The molecular weight excluding hydrogens is 418 g/mol. The van der Waals surface area contributed by atoms with Crippen molar-refractivity contribution in [2.75, 3.05) is 31.6 Å². The number of nitrogens with one attached hydrogen (secondary N) is 2. The van der Waals surface area contributed by atoms with Crippen molar-refractivity contribution in [3.05, 3.63) is 72.0 Å². The molecule has 9 heteroatoms. The average Bonchev–Trinajstić information content (AvgIpc) is 3.30. The minimum Gasteiger partial charge on any atom is -0.457 e. The van der Waals surface area contributed by atoms with E-state index in [1.165, 1.54) is 4.31 Å². The van der Waals surface area contributed by atoms with Crippen LogP contribution in [0.5, 0.6) is 0 Å². The number of hydrogen-bond donors (Lipinski definition) is 2. The van der Waals surface area contributed by atoms with Crippen molar-refractivity contribution in [3.8, 4) is 11.3 Å². The van der Waals surface area contributed by atoms with Gasteiger partial charge < -0.3 is 19.8 Å². The van der Waals surface area contributed by atoms with Crippen LogP contribution in [0.3, 0.4) is 0 Å². The lowest BCUT2D eigenvalue weighted by atomic mass is 10.1. The first-order valence-corrected chi connectivity index (χ1v) is 11.4. The molecule has 0 aliphatic carbocycles. The Morgan fingerprint density at radius 3 is 2.42 bits per heavy atom. The summed E-state index contributed by atoms with van der Waals surface area (Å²) in [5, 5.41) is 6.13. The molecule has 2 aliphatic heterocycles. The first-order valence-electron chi connectivity index (χ1n) is 9.97. The highest BCUT2D eigenvalue weighted by atomic mass is 32.2. The molecular formula is C22H21N3O5S. The summed E-state index contributed by atoms with van der Waals surface area (Å²) in [7, 11) is -3.54. The smallest absolute Gasteiger partial charge is 0.255 e. The molecule has 1 amide bonds. The number of ether oxygens (including phenoxy) is 1. The summed E-state index contributed by atoms with van der Waals surface area (Å²) in [4.78, 5) is 12.6. The maximum atomic E-state index is 12.8. The maximum absolute atomic E-state index is 12.8. The topological polar surface area (TPSA) is 101 Å². The van der Waals surface area contributed by atoms with Crippen LogP contribution in [0, 0.1) is 0 Å². The van der Waals surface area contributed by atoms with E-state index in [-0.39, 0.29) is 10.8 Å². The number of para-hydroxylation sites is 1. The summed E-state index contributed by atoms with van der Waals surface area (Å²) >= 11 is 0. The van der Waals surface area contributed by atoms with Gasteiger partial charge in [0.25, 0.3) is 5.91 Å². The van der Waals surface area contributed by atoms with Crippen LogP contribution in [-0.4, -0.2) is 44.9 Å². The van der Waals surface area contributed by atoms with Gasteiger partial charge in [-0.1, -0.05) is 12.1 Å². The number of carbonyl (C=O) groups is 1. The number of sulfonamides is 1. The van der Waals surface area contributed by atoms with Gasteiger partial charge in [-0.3, -0.25) is 4.79 Å². The van der Waals surface area contributed by atoms with Gasteiger partial charge >= 0.3 is 0 Å². The third-order valence-electron chi connectivity index (χ3n) is 5.40. The summed E-state index contributed by atoms with van der Waals surface area (Å²) in [5.41, 5.74) is 2.07. The molecule has 0 spiro atoms. The van der Waals surface area contributed by atoms with E-state index in [1.807, 2.05) is 18.2 Å². The van der Waals surface area contributed by atoms with Gasteiger partial charge in [0.15, 0.2) is 6.17 Å². The zero-order valence-corrected chi connectivity index (χ0v) is 17.4.